The van der Waals surface area contributed by atoms with E-state index in [9.17, 15) is 0 Å². The molecule has 0 radical (unpaired) electrons. The van der Waals surface area contributed by atoms with Crippen LogP contribution < -0.4 is 11.1 Å². The van der Waals surface area contributed by atoms with Crippen LogP contribution in [0.15, 0.2) is 22.7 Å². The first-order valence-corrected chi connectivity index (χ1v) is 7.16. The molecule has 3 N–H and O–H groups in total. The van der Waals surface area contributed by atoms with Gasteiger partial charge in [0.15, 0.2) is 0 Å². The maximum atomic E-state index is 5.64. The molecule has 0 bridgehead atoms. The van der Waals surface area contributed by atoms with E-state index in [1.54, 1.807) is 0 Å². The highest BCUT2D eigenvalue weighted by Gasteiger charge is 2.27. The second kappa shape index (κ2) is 5.55. The molecule has 0 aliphatic carbocycles. The van der Waals surface area contributed by atoms with Crippen molar-refractivity contribution < 1.29 is 4.74 Å². The highest BCUT2D eigenvalue weighted by Crippen LogP contribution is 2.27. The average molecular weight is 329 g/mol. The van der Waals surface area contributed by atoms with Crippen LogP contribution in [-0.2, 0) is 4.74 Å². The molecule has 0 amide bonds. The second-order valence-corrected chi connectivity index (χ2v) is 6.19. The topological polar surface area (TPSA) is 47.3 Å². The molecule has 5 heteroatoms. The average Bonchev–Trinajstić information content (AvgIpc) is 2.28. The first-order valence-electron chi connectivity index (χ1n) is 5.95. The molecule has 1 unspecified atom stereocenters. The van der Waals surface area contributed by atoms with Crippen LogP contribution in [0.2, 0.25) is 0 Å². The Hall–Kier alpha value is -0.650. The molecule has 1 aliphatic heterocycles. The number of thiocarbonyl (C=S) groups is 1. The van der Waals surface area contributed by atoms with E-state index in [2.05, 4.69) is 28.2 Å². The zero-order valence-electron chi connectivity index (χ0n) is 10.3. The zero-order valence-corrected chi connectivity index (χ0v) is 12.7. The summed E-state index contributed by atoms with van der Waals surface area (Å²) in [6, 6.07) is 5.94. The summed E-state index contributed by atoms with van der Waals surface area (Å²) in [4.78, 5) is 0.403. The molecule has 0 spiro atoms. The number of nitrogens with one attached hydrogen (secondary N) is 1. The van der Waals surface area contributed by atoms with Crippen molar-refractivity contribution >= 4 is 38.8 Å². The number of benzene rings is 1. The molecule has 1 fully saturated rings. The standard InChI is InChI=1S/C13H17BrN2OS/c1-13(5-2-6-17-8-13)16-9-3-4-10(12(15)18)11(14)7-9/h3-4,7,16H,2,5-6,8H2,1H3,(H2,15,18). The van der Waals surface area contributed by atoms with Gasteiger partial charge in [-0.15, -0.1) is 0 Å². The lowest BCUT2D eigenvalue weighted by Crippen LogP contribution is -2.43. The summed E-state index contributed by atoms with van der Waals surface area (Å²) in [5.74, 6) is 0. The van der Waals surface area contributed by atoms with Crippen LogP contribution in [0.5, 0.6) is 0 Å². The Labute approximate surface area is 121 Å². The van der Waals surface area contributed by atoms with Crippen molar-refractivity contribution in [2.75, 3.05) is 18.5 Å². The van der Waals surface area contributed by atoms with Crippen molar-refractivity contribution in [3.8, 4) is 0 Å². The number of ether oxygens (including phenoxy) is 1. The van der Waals surface area contributed by atoms with E-state index in [0.29, 0.717) is 4.99 Å². The van der Waals surface area contributed by atoms with E-state index in [1.165, 1.54) is 0 Å². The van der Waals surface area contributed by atoms with Crippen molar-refractivity contribution in [3.63, 3.8) is 0 Å². The van der Waals surface area contributed by atoms with Crippen LogP contribution >= 0.6 is 28.1 Å². The number of halogens is 1. The molecule has 1 aromatic carbocycles. The van der Waals surface area contributed by atoms with Crippen LogP contribution in [0.4, 0.5) is 5.69 Å². The van der Waals surface area contributed by atoms with Gasteiger partial charge >= 0.3 is 0 Å². The van der Waals surface area contributed by atoms with E-state index >= 15 is 0 Å². The Morgan fingerprint density at radius 2 is 2.33 bits per heavy atom. The van der Waals surface area contributed by atoms with Crippen molar-refractivity contribution in [2.45, 2.75) is 25.3 Å². The van der Waals surface area contributed by atoms with Gasteiger partial charge in [-0.3, -0.25) is 0 Å². The van der Waals surface area contributed by atoms with Gasteiger partial charge in [-0.05, 0) is 53.9 Å². The number of nitrogens with two attached hydrogens (primary N) is 1. The monoisotopic (exact) mass is 328 g/mol. The van der Waals surface area contributed by atoms with Crippen molar-refractivity contribution in [2.24, 2.45) is 5.73 Å². The summed E-state index contributed by atoms with van der Waals surface area (Å²) in [7, 11) is 0. The number of hydrogen-bond donors (Lipinski definition) is 2. The van der Waals surface area contributed by atoms with Gasteiger partial charge in [0, 0.05) is 22.3 Å². The van der Waals surface area contributed by atoms with Crippen molar-refractivity contribution in [1.29, 1.82) is 0 Å². The summed E-state index contributed by atoms with van der Waals surface area (Å²) in [6.07, 6.45) is 2.21. The summed E-state index contributed by atoms with van der Waals surface area (Å²) in [6.45, 7) is 3.78. The minimum absolute atomic E-state index is 0.00241. The number of anilines is 1. The summed E-state index contributed by atoms with van der Waals surface area (Å²) in [5.41, 5.74) is 7.55. The van der Waals surface area contributed by atoms with Gasteiger partial charge in [0.25, 0.3) is 0 Å². The van der Waals surface area contributed by atoms with Gasteiger partial charge in [-0.2, -0.15) is 0 Å². The molecule has 0 aromatic heterocycles. The largest absolute Gasteiger partial charge is 0.389 e. The Morgan fingerprint density at radius 1 is 1.56 bits per heavy atom. The SMILES string of the molecule is CC1(Nc2ccc(C(N)=S)c(Br)c2)CCCOC1. The summed E-state index contributed by atoms with van der Waals surface area (Å²) < 4.78 is 6.45. The summed E-state index contributed by atoms with van der Waals surface area (Å²) in [5, 5.41) is 3.53. The Kier molecular flexibility index (Phi) is 4.25. The van der Waals surface area contributed by atoms with E-state index < -0.39 is 0 Å². The van der Waals surface area contributed by atoms with Crippen molar-refractivity contribution in [1.82, 2.24) is 0 Å². The first kappa shape index (κ1) is 13.8. The fourth-order valence-corrected chi connectivity index (χ4v) is 3.08. The van der Waals surface area contributed by atoms with Gasteiger partial charge in [-0.1, -0.05) is 12.2 Å². The summed E-state index contributed by atoms with van der Waals surface area (Å²) >= 11 is 8.47. The van der Waals surface area contributed by atoms with Crippen LogP contribution in [0, 0.1) is 0 Å². The second-order valence-electron chi connectivity index (χ2n) is 4.90. The zero-order chi connectivity index (χ0) is 13.2. The molecule has 1 saturated heterocycles. The molecular weight excluding hydrogens is 312 g/mol. The Morgan fingerprint density at radius 3 is 2.89 bits per heavy atom. The minimum atomic E-state index is 0.00241. The van der Waals surface area contributed by atoms with Gasteiger partial charge in [0.1, 0.15) is 4.99 Å². The van der Waals surface area contributed by atoms with Gasteiger partial charge in [0.05, 0.1) is 12.1 Å². The quantitative estimate of drug-likeness (QED) is 0.837. The third-order valence-corrected chi connectivity index (χ3v) is 3.99. The smallest absolute Gasteiger partial charge is 0.105 e. The van der Waals surface area contributed by atoms with E-state index in [-0.39, 0.29) is 5.54 Å². The minimum Gasteiger partial charge on any atom is -0.389 e. The van der Waals surface area contributed by atoms with Gasteiger partial charge in [-0.25, -0.2) is 0 Å². The molecule has 1 aliphatic rings. The highest BCUT2D eigenvalue weighted by atomic mass is 79.9. The van der Waals surface area contributed by atoms with Crippen LogP contribution in [0.3, 0.4) is 0 Å². The van der Waals surface area contributed by atoms with Crippen LogP contribution in [0.1, 0.15) is 25.3 Å². The van der Waals surface area contributed by atoms with Gasteiger partial charge < -0.3 is 15.8 Å². The third-order valence-electron chi connectivity index (χ3n) is 3.12. The van der Waals surface area contributed by atoms with E-state index in [1.807, 2.05) is 18.2 Å². The van der Waals surface area contributed by atoms with Gasteiger partial charge in [0.2, 0.25) is 0 Å². The number of hydrogen-bond acceptors (Lipinski definition) is 3. The molecule has 3 nitrogen and oxygen atoms in total. The Balaban J connectivity index is 2.14. The first-order chi connectivity index (χ1) is 8.50. The lowest BCUT2D eigenvalue weighted by molar-refractivity contribution is 0.0540. The molecule has 0 saturated carbocycles. The maximum Gasteiger partial charge on any atom is 0.105 e. The molecule has 1 atom stereocenters. The predicted octanol–water partition coefficient (Wildman–Crippen LogP) is 3.06. The van der Waals surface area contributed by atoms with Crippen LogP contribution in [-0.4, -0.2) is 23.7 Å². The van der Waals surface area contributed by atoms with Crippen molar-refractivity contribution in [3.05, 3.63) is 28.2 Å². The Bertz CT molecular complexity index is 458. The molecule has 2 rings (SSSR count). The predicted molar refractivity (Wildman–Crippen MR) is 82.1 cm³/mol. The normalized spacial score (nSPS) is 23.7. The fraction of sp³-hybridized carbons (Fsp3) is 0.462. The maximum absolute atomic E-state index is 5.64. The van der Waals surface area contributed by atoms with E-state index in [4.69, 9.17) is 22.7 Å². The lowest BCUT2D eigenvalue weighted by Gasteiger charge is -2.35. The van der Waals surface area contributed by atoms with E-state index in [0.717, 1.165) is 41.8 Å². The molecule has 98 valence electrons. The number of rotatable bonds is 3. The molecule has 1 aromatic rings. The van der Waals surface area contributed by atoms with Crippen LogP contribution in [0.25, 0.3) is 0 Å². The molecular formula is C13H17BrN2OS. The molecule has 1 heterocycles. The highest BCUT2D eigenvalue weighted by molar-refractivity contribution is 9.10. The third kappa shape index (κ3) is 3.22. The fourth-order valence-electron chi connectivity index (χ4n) is 2.17. The molecule has 18 heavy (non-hydrogen) atoms. The lowest BCUT2D eigenvalue weighted by atomic mass is 9.94.